The number of carbonyl (C=O) groups excluding carboxylic acids is 1. The fourth-order valence-electron chi connectivity index (χ4n) is 2.30. The van der Waals surface area contributed by atoms with Gasteiger partial charge in [0.15, 0.2) is 5.60 Å². The van der Waals surface area contributed by atoms with Crippen molar-refractivity contribution in [3.8, 4) is 0 Å². The molecule has 0 spiro atoms. The SMILES string of the molecule is CC(O)(CNC(=O)C1(c2cc(F)cc(C(F)(F)F)c2)CC1)C(=O)O. The zero-order chi connectivity index (χ0) is 18.3. The second kappa shape index (κ2) is 5.73. The summed E-state index contributed by atoms with van der Waals surface area (Å²) in [7, 11) is 0. The third-order valence-electron chi connectivity index (χ3n) is 4.02. The number of alkyl halides is 3. The quantitative estimate of drug-likeness (QED) is 0.708. The van der Waals surface area contributed by atoms with Gasteiger partial charge in [-0.15, -0.1) is 0 Å². The Balaban J connectivity index is 2.24. The standard InChI is InChI=1S/C15H15F4NO4/c1-13(24,12(22)23)7-20-11(21)14(2-3-14)8-4-9(15(17,18)19)6-10(16)5-8/h4-6,24H,2-3,7H2,1H3,(H,20,21)(H,22,23). The Morgan fingerprint density at radius 3 is 2.29 bits per heavy atom. The fourth-order valence-corrected chi connectivity index (χ4v) is 2.30. The molecule has 1 unspecified atom stereocenters. The van der Waals surface area contributed by atoms with Gasteiger partial charge in [0.2, 0.25) is 5.91 Å². The first-order chi connectivity index (χ1) is 10.9. The molecule has 1 aromatic carbocycles. The Kier molecular flexibility index (Phi) is 4.34. The summed E-state index contributed by atoms with van der Waals surface area (Å²) in [6.45, 7) is 0.351. The normalized spacial score (nSPS) is 18.6. The molecule has 132 valence electrons. The van der Waals surface area contributed by atoms with E-state index < -0.39 is 47.0 Å². The lowest BCUT2D eigenvalue weighted by atomic mass is 9.92. The highest BCUT2D eigenvalue weighted by Gasteiger charge is 2.52. The zero-order valence-corrected chi connectivity index (χ0v) is 12.6. The molecule has 1 aliphatic carbocycles. The Morgan fingerprint density at radius 1 is 1.25 bits per heavy atom. The Labute approximate surface area is 134 Å². The van der Waals surface area contributed by atoms with Crippen molar-refractivity contribution in [3.05, 3.63) is 35.1 Å². The summed E-state index contributed by atoms with van der Waals surface area (Å²) in [5, 5.41) is 20.6. The minimum absolute atomic E-state index is 0.123. The van der Waals surface area contributed by atoms with Crippen LogP contribution in [-0.4, -0.2) is 34.2 Å². The maximum absolute atomic E-state index is 13.5. The molecular weight excluding hydrogens is 334 g/mol. The van der Waals surface area contributed by atoms with E-state index in [0.717, 1.165) is 13.0 Å². The molecule has 0 heterocycles. The lowest BCUT2D eigenvalue weighted by molar-refractivity contribution is -0.156. The second-order valence-corrected chi connectivity index (χ2v) is 6.07. The molecule has 1 aliphatic rings. The van der Waals surface area contributed by atoms with Crippen LogP contribution in [0.5, 0.6) is 0 Å². The minimum atomic E-state index is -4.75. The molecular formula is C15H15F4NO4. The lowest BCUT2D eigenvalue weighted by Crippen LogP contribution is -2.48. The smallest absolute Gasteiger partial charge is 0.416 e. The number of carboxylic acid groups (broad SMARTS) is 1. The van der Waals surface area contributed by atoms with Crippen molar-refractivity contribution in [1.82, 2.24) is 5.32 Å². The van der Waals surface area contributed by atoms with Gasteiger partial charge in [0, 0.05) is 0 Å². The monoisotopic (exact) mass is 349 g/mol. The molecule has 1 amide bonds. The van der Waals surface area contributed by atoms with Crippen molar-refractivity contribution >= 4 is 11.9 Å². The number of nitrogens with one attached hydrogen (secondary N) is 1. The van der Waals surface area contributed by atoms with Gasteiger partial charge in [-0.3, -0.25) is 4.79 Å². The third kappa shape index (κ3) is 3.50. The van der Waals surface area contributed by atoms with Crippen LogP contribution in [0.4, 0.5) is 17.6 Å². The molecule has 9 heteroatoms. The van der Waals surface area contributed by atoms with Crippen LogP contribution < -0.4 is 5.32 Å². The molecule has 3 N–H and O–H groups in total. The van der Waals surface area contributed by atoms with Crippen molar-refractivity contribution in [1.29, 1.82) is 0 Å². The predicted molar refractivity (Wildman–Crippen MR) is 73.6 cm³/mol. The van der Waals surface area contributed by atoms with Gasteiger partial charge < -0.3 is 15.5 Å². The first kappa shape index (κ1) is 18.2. The maximum atomic E-state index is 13.5. The summed E-state index contributed by atoms with van der Waals surface area (Å²) in [4.78, 5) is 23.0. The van der Waals surface area contributed by atoms with Gasteiger partial charge in [-0.05, 0) is 43.5 Å². The average molecular weight is 349 g/mol. The van der Waals surface area contributed by atoms with Crippen LogP contribution in [0.15, 0.2) is 18.2 Å². The molecule has 0 radical (unpaired) electrons. The number of carboxylic acids is 1. The van der Waals surface area contributed by atoms with Crippen LogP contribution in [0.3, 0.4) is 0 Å². The van der Waals surface area contributed by atoms with Crippen LogP contribution in [0.2, 0.25) is 0 Å². The number of benzene rings is 1. The van der Waals surface area contributed by atoms with Gasteiger partial charge >= 0.3 is 12.1 Å². The summed E-state index contributed by atoms with van der Waals surface area (Å²) in [5.74, 6) is -3.42. The fraction of sp³-hybridized carbons (Fsp3) is 0.467. The molecule has 1 fully saturated rings. The third-order valence-corrected chi connectivity index (χ3v) is 4.02. The molecule has 1 saturated carbocycles. The van der Waals surface area contributed by atoms with Crippen molar-refractivity contribution in [2.75, 3.05) is 6.54 Å². The van der Waals surface area contributed by atoms with E-state index in [1.54, 1.807) is 0 Å². The Bertz CT molecular complexity index is 681. The Morgan fingerprint density at radius 2 is 1.83 bits per heavy atom. The van der Waals surface area contributed by atoms with Crippen molar-refractivity contribution < 1.29 is 37.4 Å². The number of hydrogen-bond donors (Lipinski definition) is 3. The highest BCUT2D eigenvalue weighted by Crippen LogP contribution is 2.49. The summed E-state index contributed by atoms with van der Waals surface area (Å²) in [6, 6.07) is 1.91. The van der Waals surface area contributed by atoms with E-state index >= 15 is 0 Å². The van der Waals surface area contributed by atoms with Crippen LogP contribution in [0.1, 0.15) is 30.9 Å². The topological polar surface area (TPSA) is 86.6 Å². The summed E-state index contributed by atoms with van der Waals surface area (Å²) < 4.78 is 51.9. The van der Waals surface area contributed by atoms with E-state index in [9.17, 15) is 32.3 Å². The molecule has 5 nitrogen and oxygen atoms in total. The van der Waals surface area contributed by atoms with Crippen molar-refractivity contribution in [3.63, 3.8) is 0 Å². The van der Waals surface area contributed by atoms with E-state index in [0.29, 0.717) is 12.1 Å². The number of aliphatic hydroxyl groups is 1. The molecule has 0 aliphatic heterocycles. The van der Waals surface area contributed by atoms with Gasteiger partial charge in [-0.2, -0.15) is 13.2 Å². The summed E-state index contributed by atoms with van der Waals surface area (Å²) >= 11 is 0. The van der Waals surface area contributed by atoms with Gasteiger partial charge in [0.25, 0.3) is 0 Å². The van der Waals surface area contributed by atoms with Gasteiger partial charge in [-0.1, -0.05) is 0 Å². The summed E-state index contributed by atoms with van der Waals surface area (Å²) in [6.07, 6.45) is -4.35. The van der Waals surface area contributed by atoms with E-state index in [2.05, 4.69) is 5.32 Å². The number of rotatable bonds is 5. The average Bonchev–Trinajstić information content (AvgIpc) is 3.24. The van der Waals surface area contributed by atoms with Gasteiger partial charge in [-0.25, -0.2) is 9.18 Å². The molecule has 24 heavy (non-hydrogen) atoms. The van der Waals surface area contributed by atoms with Crippen LogP contribution in [0.25, 0.3) is 0 Å². The highest BCUT2D eigenvalue weighted by molar-refractivity contribution is 5.92. The molecule has 0 saturated heterocycles. The maximum Gasteiger partial charge on any atom is 0.416 e. The number of carbonyl (C=O) groups is 2. The van der Waals surface area contributed by atoms with E-state index in [1.807, 2.05) is 0 Å². The molecule has 0 aromatic heterocycles. The van der Waals surface area contributed by atoms with Crippen LogP contribution in [-0.2, 0) is 21.2 Å². The van der Waals surface area contributed by atoms with Crippen LogP contribution >= 0.6 is 0 Å². The van der Waals surface area contributed by atoms with Gasteiger partial charge in [0.1, 0.15) is 5.82 Å². The number of aliphatic carboxylic acids is 1. The predicted octanol–water partition coefficient (Wildman–Crippen LogP) is 1.83. The first-order valence-electron chi connectivity index (χ1n) is 7.01. The molecule has 1 aromatic rings. The molecule has 1 atom stereocenters. The summed E-state index contributed by atoms with van der Waals surface area (Å²) in [5.41, 5.74) is -4.88. The number of hydrogen-bond acceptors (Lipinski definition) is 3. The zero-order valence-electron chi connectivity index (χ0n) is 12.6. The first-order valence-corrected chi connectivity index (χ1v) is 7.01. The number of halogens is 4. The largest absolute Gasteiger partial charge is 0.479 e. The van der Waals surface area contributed by atoms with E-state index in [1.165, 1.54) is 0 Å². The van der Waals surface area contributed by atoms with Gasteiger partial charge in [0.05, 0.1) is 17.5 Å². The number of amides is 1. The molecule has 0 bridgehead atoms. The Hall–Kier alpha value is -2.16. The van der Waals surface area contributed by atoms with Crippen molar-refractivity contribution in [2.24, 2.45) is 0 Å². The second-order valence-electron chi connectivity index (χ2n) is 6.07. The minimum Gasteiger partial charge on any atom is -0.479 e. The molecule has 2 rings (SSSR count). The van der Waals surface area contributed by atoms with E-state index in [4.69, 9.17) is 5.11 Å². The van der Waals surface area contributed by atoms with Crippen LogP contribution in [0, 0.1) is 5.82 Å². The van der Waals surface area contributed by atoms with Crippen molar-refractivity contribution in [2.45, 2.75) is 37.0 Å². The van der Waals surface area contributed by atoms with E-state index in [-0.39, 0.29) is 18.4 Å². The lowest BCUT2D eigenvalue weighted by Gasteiger charge is -2.22. The highest BCUT2D eigenvalue weighted by atomic mass is 19.4.